The van der Waals surface area contributed by atoms with Gasteiger partial charge in [-0.3, -0.25) is 5.10 Å². The fourth-order valence-corrected chi connectivity index (χ4v) is 2.92. The zero-order chi connectivity index (χ0) is 15.5. The molecule has 0 aromatic carbocycles. The summed E-state index contributed by atoms with van der Waals surface area (Å²) in [5, 5.41) is 13.3. The van der Waals surface area contributed by atoms with E-state index in [9.17, 15) is 8.42 Å². The predicted octanol–water partition coefficient (Wildman–Crippen LogP) is 0.683. The molecular formula is C12H19N5O3S. The summed E-state index contributed by atoms with van der Waals surface area (Å²) in [4.78, 5) is 0. The molecule has 0 bridgehead atoms. The number of aromatic amines is 1. The van der Waals surface area contributed by atoms with Gasteiger partial charge in [-0.2, -0.15) is 5.10 Å². The van der Waals surface area contributed by atoms with Crippen LogP contribution >= 0.6 is 0 Å². The number of H-pyrrole nitrogens is 1. The number of sulfonamides is 1. The molecule has 2 aromatic heterocycles. The Balaban J connectivity index is 2.15. The van der Waals surface area contributed by atoms with Crippen LogP contribution in [0.2, 0.25) is 0 Å². The van der Waals surface area contributed by atoms with Crippen LogP contribution in [0.25, 0.3) is 0 Å². The third-order valence-corrected chi connectivity index (χ3v) is 4.28. The lowest BCUT2D eigenvalue weighted by atomic mass is 10.2. The van der Waals surface area contributed by atoms with E-state index in [1.165, 1.54) is 6.20 Å². The van der Waals surface area contributed by atoms with Crippen LogP contribution < -0.4 is 10.0 Å². The number of aryl methyl sites for hydroxylation is 1. The molecule has 2 rings (SSSR count). The van der Waals surface area contributed by atoms with E-state index in [0.29, 0.717) is 17.9 Å². The van der Waals surface area contributed by atoms with Crippen LogP contribution in [0.4, 0.5) is 0 Å². The van der Waals surface area contributed by atoms with Gasteiger partial charge < -0.3 is 9.84 Å². The summed E-state index contributed by atoms with van der Waals surface area (Å²) in [6.45, 7) is 6.24. The molecule has 0 amide bonds. The van der Waals surface area contributed by atoms with E-state index >= 15 is 0 Å². The monoisotopic (exact) mass is 313 g/mol. The maximum Gasteiger partial charge on any atom is 0.260 e. The largest absolute Gasteiger partial charge is 0.360 e. The predicted molar refractivity (Wildman–Crippen MR) is 75.8 cm³/mol. The van der Waals surface area contributed by atoms with Crippen LogP contribution in [-0.2, 0) is 23.1 Å². The lowest BCUT2D eigenvalue weighted by Crippen LogP contribution is -2.27. The first-order chi connectivity index (χ1) is 9.90. The van der Waals surface area contributed by atoms with Crippen LogP contribution in [0.15, 0.2) is 21.8 Å². The zero-order valence-electron chi connectivity index (χ0n) is 12.2. The molecule has 0 fully saturated rings. The first-order valence-electron chi connectivity index (χ1n) is 6.56. The van der Waals surface area contributed by atoms with E-state index in [1.807, 2.05) is 13.8 Å². The van der Waals surface area contributed by atoms with Gasteiger partial charge in [-0.25, -0.2) is 13.1 Å². The van der Waals surface area contributed by atoms with Crippen molar-refractivity contribution in [1.82, 2.24) is 25.4 Å². The van der Waals surface area contributed by atoms with E-state index in [4.69, 9.17) is 4.52 Å². The molecule has 116 valence electrons. The molecule has 21 heavy (non-hydrogen) atoms. The fraction of sp³-hybridized carbons (Fsp3) is 0.500. The highest BCUT2D eigenvalue weighted by Crippen LogP contribution is 2.16. The van der Waals surface area contributed by atoms with Crippen molar-refractivity contribution in [1.29, 1.82) is 0 Å². The summed E-state index contributed by atoms with van der Waals surface area (Å²) in [5.74, 6) is 0.438. The molecule has 2 heterocycles. The van der Waals surface area contributed by atoms with E-state index in [0.717, 1.165) is 5.69 Å². The van der Waals surface area contributed by atoms with Gasteiger partial charge in [0.1, 0.15) is 0 Å². The van der Waals surface area contributed by atoms with Crippen LogP contribution in [0.3, 0.4) is 0 Å². The lowest BCUT2D eigenvalue weighted by Gasteiger charge is -2.09. The number of nitrogens with zero attached hydrogens (tertiary/aromatic N) is 2. The Labute approximate surface area is 123 Å². The highest BCUT2D eigenvalue weighted by Gasteiger charge is 2.23. The molecule has 2 aromatic rings. The summed E-state index contributed by atoms with van der Waals surface area (Å²) in [7, 11) is -3.71. The average Bonchev–Trinajstić information content (AvgIpc) is 3.03. The average molecular weight is 313 g/mol. The van der Waals surface area contributed by atoms with Crippen molar-refractivity contribution in [3.8, 4) is 0 Å². The van der Waals surface area contributed by atoms with E-state index < -0.39 is 10.0 Å². The first kappa shape index (κ1) is 15.7. The Morgan fingerprint density at radius 2 is 2.14 bits per heavy atom. The summed E-state index contributed by atoms with van der Waals surface area (Å²) in [5.41, 5.74) is 1.36. The van der Waals surface area contributed by atoms with Crippen LogP contribution in [-0.4, -0.2) is 29.8 Å². The molecule has 0 spiro atoms. The third-order valence-electron chi connectivity index (χ3n) is 2.91. The van der Waals surface area contributed by atoms with Crippen molar-refractivity contribution in [2.75, 3.05) is 0 Å². The SMILES string of the molecule is Cc1[nH]nc(S(=O)(=O)NCc2ccno2)c1CNC(C)C. The second-order valence-corrected chi connectivity index (χ2v) is 6.65. The zero-order valence-corrected chi connectivity index (χ0v) is 13.0. The van der Waals surface area contributed by atoms with Crippen LogP contribution in [0, 0.1) is 6.92 Å². The molecule has 0 saturated heterocycles. The molecule has 3 N–H and O–H groups in total. The van der Waals surface area contributed by atoms with Gasteiger partial charge in [0.05, 0.1) is 12.7 Å². The van der Waals surface area contributed by atoms with Crippen molar-refractivity contribution in [3.63, 3.8) is 0 Å². The molecule has 0 radical (unpaired) electrons. The van der Waals surface area contributed by atoms with Crippen LogP contribution in [0.5, 0.6) is 0 Å². The van der Waals surface area contributed by atoms with Crippen molar-refractivity contribution < 1.29 is 12.9 Å². The first-order valence-corrected chi connectivity index (χ1v) is 8.05. The minimum absolute atomic E-state index is 0.00710. The number of aromatic nitrogens is 3. The molecular weight excluding hydrogens is 294 g/mol. The van der Waals surface area contributed by atoms with E-state index in [2.05, 4.69) is 25.4 Å². The van der Waals surface area contributed by atoms with Gasteiger partial charge in [-0.1, -0.05) is 19.0 Å². The maximum atomic E-state index is 12.3. The topological polar surface area (TPSA) is 113 Å². The lowest BCUT2D eigenvalue weighted by molar-refractivity contribution is 0.380. The van der Waals surface area contributed by atoms with Gasteiger partial charge in [-0.05, 0) is 6.92 Å². The molecule has 0 saturated carbocycles. The standard InChI is InChI=1S/C12H19N5O3S/c1-8(2)13-7-11-9(3)16-17-12(11)21(18,19)15-6-10-4-5-14-20-10/h4-5,8,13,15H,6-7H2,1-3H3,(H,16,17). The van der Waals surface area contributed by atoms with Gasteiger partial charge in [0.2, 0.25) is 0 Å². The van der Waals surface area contributed by atoms with Crippen molar-refractivity contribution in [2.45, 2.75) is 44.9 Å². The molecule has 8 nitrogen and oxygen atoms in total. The highest BCUT2D eigenvalue weighted by molar-refractivity contribution is 7.89. The second-order valence-electron chi connectivity index (χ2n) is 4.97. The summed E-state index contributed by atoms with van der Waals surface area (Å²) < 4.78 is 32.0. The normalized spacial score (nSPS) is 12.2. The molecule has 0 unspecified atom stereocenters. The number of hydrogen-bond donors (Lipinski definition) is 3. The summed E-state index contributed by atoms with van der Waals surface area (Å²) in [6.07, 6.45) is 1.46. The smallest absolute Gasteiger partial charge is 0.260 e. The molecule has 0 aliphatic heterocycles. The third kappa shape index (κ3) is 3.90. The Hall–Kier alpha value is -1.71. The Bertz CT molecular complexity index is 676. The fourth-order valence-electron chi connectivity index (χ4n) is 1.73. The van der Waals surface area contributed by atoms with Gasteiger partial charge >= 0.3 is 0 Å². The van der Waals surface area contributed by atoms with Crippen molar-refractivity contribution in [2.24, 2.45) is 0 Å². The molecule has 0 atom stereocenters. The number of hydrogen-bond acceptors (Lipinski definition) is 6. The van der Waals surface area contributed by atoms with E-state index in [-0.39, 0.29) is 17.6 Å². The van der Waals surface area contributed by atoms with Crippen molar-refractivity contribution in [3.05, 3.63) is 29.3 Å². The summed E-state index contributed by atoms with van der Waals surface area (Å²) in [6, 6.07) is 1.84. The van der Waals surface area contributed by atoms with Gasteiger partial charge in [0.15, 0.2) is 10.8 Å². The second kappa shape index (κ2) is 6.37. The Kier molecular flexibility index (Phi) is 4.76. The Morgan fingerprint density at radius 3 is 2.76 bits per heavy atom. The maximum absolute atomic E-state index is 12.3. The molecule has 9 heteroatoms. The van der Waals surface area contributed by atoms with E-state index in [1.54, 1.807) is 13.0 Å². The van der Waals surface area contributed by atoms with Gasteiger partial charge in [0, 0.05) is 29.9 Å². The number of rotatable bonds is 7. The molecule has 0 aliphatic rings. The van der Waals surface area contributed by atoms with Crippen LogP contribution in [0.1, 0.15) is 30.9 Å². The number of nitrogens with one attached hydrogen (secondary N) is 3. The van der Waals surface area contributed by atoms with Gasteiger partial charge in [-0.15, -0.1) is 0 Å². The highest BCUT2D eigenvalue weighted by atomic mass is 32.2. The minimum atomic E-state index is -3.71. The van der Waals surface area contributed by atoms with Gasteiger partial charge in [0.25, 0.3) is 10.0 Å². The molecule has 0 aliphatic carbocycles. The Morgan fingerprint density at radius 1 is 1.38 bits per heavy atom. The quantitative estimate of drug-likeness (QED) is 0.693. The van der Waals surface area contributed by atoms with Crippen molar-refractivity contribution >= 4 is 10.0 Å². The minimum Gasteiger partial charge on any atom is -0.360 e. The summed E-state index contributed by atoms with van der Waals surface area (Å²) >= 11 is 0.